The molecule has 0 aliphatic carbocycles. The summed E-state index contributed by atoms with van der Waals surface area (Å²) in [6.07, 6.45) is 3.24. The molecule has 2 aliphatic heterocycles. The topological polar surface area (TPSA) is 21.3 Å². The fourth-order valence-corrected chi connectivity index (χ4v) is 4.98. The van der Waals surface area contributed by atoms with Gasteiger partial charge in [0, 0.05) is 30.2 Å². The largest absolute Gasteiger partial charge is 0.381 e. The van der Waals surface area contributed by atoms with Crippen molar-refractivity contribution in [1.29, 1.82) is 0 Å². The standard InChI is InChI=1S/C21H24FNOS/c22-17-6-7-21-18(13-17)19(9-11-25-21)23-20(12-15-8-10-24-14-15)16-4-2-1-3-5-16/h1-7,13,15,19-20,23H,8-12,14H2/t15-,19-,20-/m1/s1. The van der Waals surface area contributed by atoms with Crippen LogP contribution in [0.15, 0.2) is 53.4 Å². The van der Waals surface area contributed by atoms with Gasteiger partial charge in [-0.2, -0.15) is 0 Å². The van der Waals surface area contributed by atoms with Crippen molar-refractivity contribution in [3.63, 3.8) is 0 Å². The van der Waals surface area contributed by atoms with Crippen molar-refractivity contribution in [3.05, 3.63) is 65.5 Å². The summed E-state index contributed by atoms with van der Waals surface area (Å²) in [4.78, 5) is 1.21. The smallest absolute Gasteiger partial charge is 0.123 e. The predicted molar refractivity (Wildman–Crippen MR) is 100 cm³/mol. The summed E-state index contributed by atoms with van der Waals surface area (Å²) in [6.45, 7) is 1.73. The van der Waals surface area contributed by atoms with Crippen LogP contribution in [0, 0.1) is 11.7 Å². The average molecular weight is 357 g/mol. The fourth-order valence-electron chi connectivity index (χ4n) is 3.87. The van der Waals surface area contributed by atoms with Crippen molar-refractivity contribution in [2.24, 2.45) is 5.92 Å². The molecule has 4 heteroatoms. The number of halogens is 1. The van der Waals surface area contributed by atoms with Gasteiger partial charge in [-0.05, 0) is 60.3 Å². The lowest BCUT2D eigenvalue weighted by Gasteiger charge is -2.31. The molecule has 0 saturated carbocycles. The molecule has 1 fully saturated rings. The molecule has 2 aromatic carbocycles. The molecule has 2 aliphatic rings. The van der Waals surface area contributed by atoms with Gasteiger partial charge in [-0.15, -0.1) is 11.8 Å². The summed E-state index contributed by atoms with van der Waals surface area (Å²) in [5.41, 5.74) is 2.42. The van der Waals surface area contributed by atoms with Gasteiger partial charge in [0.25, 0.3) is 0 Å². The Kier molecular flexibility index (Phi) is 5.39. The van der Waals surface area contributed by atoms with Crippen LogP contribution in [0.3, 0.4) is 0 Å². The Balaban J connectivity index is 1.57. The molecule has 25 heavy (non-hydrogen) atoms. The fraction of sp³-hybridized carbons (Fsp3) is 0.429. The third-order valence-electron chi connectivity index (χ3n) is 5.21. The van der Waals surface area contributed by atoms with Gasteiger partial charge in [0.1, 0.15) is 5.82 Å². The summed E-state index contributed by atoms with van der Waals surface area (Å²) in [6, 6.07) is 16.3. The summed E-state index contributed by atoms with van der Waals surface area (Å²) in [5.74, 6) is 1.53. The second-order valence-corrected chi connectivity index (χ2v) is 8.10. The predicted octanol–water partition coefficient (Wildman–Crippen LogP) is 5.12. The van der Waals surface area contributed by atoms with Crippen LogP contribution in [0.4, 0.5) is 4.39 Å². The van der Waals surface area contributed by atoms with E-state index in [1.165, 1.54) is 10.5 Å². The SMILES string of the molecule is Fc1ccc2c(c1)[C@H](N[C@H](C[C@H]1CCOC1)c1ccccc1)CCS2. The molecule has 0 spiro atoms. The van der Waals surface area contributed by atoms with E-state index in [1.54, 1.807) is 12.1 Å². The maximum atomic E-state index is 13.8. The molecular weight excluding hydrogens is 333 g/mol. The van der Waals surface area contributed by atoms with Crippen LogP contribution in [0.2, 0.25) is 0 Å². The first-order valence-corrected chi connectivity index (χ1v) is 10.1. The number of ether oxygens (including phenoxy) is 1. The molecule has 1 saturated heterocycles. The number of hydrogen-bond acceptors (Lipinski definition) is 3. The van der Waals surface area contributed by atoms with Crippen molar-refractivity contribution < 1.29 is 9.13 Å². The highest BCUT2D eigenvalue weighted by atomic mass is 32.2. The van der Waals surface area contributed by atoms with E-state index in [2.05, 4.69) is 35.6 Å². The zero-order valence-corrected chi connectivity index (χ0v) is 15.1. The number of hydrogen-bond donors (Lipinski definition) is 1. The lowest BCUT2D eigenvalue weighted by atomic mass is 9.92. The molecule has 0 bridgehead atoms. The van der Waals surface area contributed by atoms with Crippen molar-refractivity contribution in [1.82, 2.24) is 5.32 Å². The minimum absolute atomic E-state index is 0.145. The van der Waals surface area contributed by atoms with Crippen molar-refractivity contribution in [2.45, 2.75) is 36.2 Å². The van der Waals surface area contributed by atoms with E-state index in [9.17, 15) is 4.39 Å². The van der Waals surface area contributed by atoms with Gasteiger partial charge in [-0.1, -0.05) is 30.3 Å². The molecule has 1 N–H and O–H groups in total. The molecule has 3 atom stereocenters. The van der Waals surface area contributed by atoms with Gasteiger partial charge in [0.05, 0.1) is 0 Å². The quantitative estimate of drug-likeness (QED) is 0.802. The van der Waals surface area contributed by atoms with Gasteiger partial charge in [0.15, 0.2) is 0 Å². The van der Waals surface area contributed by atoms with E-state index in [1.807, 2.05) is 17.8 Å². The van der Waals surface area contributed by atoms with Crippen LogP contribution < -0.4 is 5.32 Å². The highest BCUT2D eigenvalue weighted by Crippen LogP contribution is 2.39. The Morgan fingerprint density at radius 1 is 1.16 bits per heavy atom. The van der Waals surface area contributed by atoms with E-state index in [0.717, 1.165) is 43.8 Å². The minimum Gasteiger partial charge on any atom is -0.381 e. The zero-order chi connectivity index (χ0) is 17.1. The second-order valence-electron chi connectivity index (χ2n) is 6.97. The second kappa shape index (κ2) is 7.90. The Labute approximate surface area is 153 Å². The third kappa shape index (κ3) is 4.08. The highest BCUT2D eigenvalue weighted by Gasteiger charge is 2.27. The Bertz CT molecular complexity index is 702. The molecule has 4 rings (SSSR count). The first-order valence-electron chi connectivity index (χ1n) is 9.10. The maximum absolute atomic E-state index is 13.8. The van der Waals surface area contributed by atoms with Crippen molar-refractivity contribution in [2.75, 3.05) is 19.0 Å². The molecule has 132 valence electrons. The Hall–Kier alpha value is -1.36. The van der Waals surface area contributed by atoms with Crippen molar-refractivity contribution >= 4 is 11.8 Å². The molecule has 2 heterocycles. The third-order valence-corrected chi connectivity index (χ3v) is 6.33. The molecular formula is C21H24FNOS. The lowest BCUT2D eigenvalue weighted by Crippen LogP contribution is -2.30. The molecule has 0 aromatic heterocycles. The number of fused-ring (bicyclic) bond motifs is 1. The van der Waals surface area contributed by atoms with Crippen LogP contribution in [0.1, 0.15) is 42.5 Å². The Morgan fingerprint density at radius 2 is 2.04 bits per heavy atom. The van der Waals surface area contributed by atoms with Gasteiger partial charge < -0.3 is 10.1 Å². The lowest BCUT2D eigenvalue weighted by molar-refractivity contribution is 0.180. The maximum Gasteiger partial charge on any atom is 0.123 e. The van der Waals surface area contributed by atoms with Crippen molar-refractivity contribution in [3.8, 4) is 0 Å². The Morgan fingerprint density at radius 3 is 2.84 bits per heavy atom. The van der Waals surface area contributed by atoms with Gasteiger partial charge in [0.2, 0.25) is 0 Å². The van der Waals surface area contributed by atoms with Crippen LogP contribution in [-0.4, -0.2) is 19.0 Å². The number of benzene rings is 2. The first kappa shape index (κ1) is 17.1. The molecule has 0 amide bonds. The van der Waals surface area contributed by atoms with E-state index >= 15 is 0 Å². The molecule has 0 radical (unpaired) electrons. The van der Waals surface area contributed by atoms with Gasteiger partial charge in [-0.3, -0.25) is 0 Å². The monoisotopic (exact) mass is 357 g/mol. The van der Waals surface area contributed by atoms with Gasteiger partial charge in [-0.25, -0.2) is 4.39 Å². The van der Waals surface area contributed by atoms with E-state index < -0.39 is 0 Å². The van der Waals surface area contributed by atoms with Crippen LogP contribution in [-0.2, 0) is 4.74 Å². The van der Waals surface area contributed by atoms with Crippen LogP contribution >= 0.6 is 11.8 Å². The zero-order valence-electron chi connectivity index (χ0n) is 14.3. The molecule has 2 aromatic rings. The highest BCUT2D eigenvalue weighted by molar-refractivity contribution is 7.99. The average Bonchev–Trinajstić information content (AvgIpc) is 3.15. The van der Waals surface area contributed by atoms with E-state index in [0.29, 0.717) is 5.92 Å². The van der Waals surface area contributed by atoms with E-state index in [-0.39, 0.29) is 17.9 Å². The normalized spacial score (nSPS) is 24.0. The summed E-state index contributed by atoms with van der Waals surface area (Å²) in [7, 11) is 0. The van der Waals surface area contributed by atoms with Crippen LogP contribution in [0.5, 0.6) is 0 Å². The number of rotatable bonds is 5. The first-order chi connectivity index (χ1) is 12.3. The minimum atomic E-state index is -0.145. The van der Waals surface area contributed by atoms with Crippen LogP contribution in [0.25, 0.3) is 0 Å². The molecule has 0 unspecified atom stereocenters. The summed E-state index contributed by atoms with van der Waals surface area (Å²) < 4.78 is 19.4. The van der Waals surface area contributed by atoms with E-state index in [4.69, 9.17) is 4.74 Å². The number of nitrogens with one attached hydrogen (secondary N) is 1. The van der Waals surface area contributed by atoms with Gasteiger partial charge >= 0.3 is 0 Å². The summed E-state index contributed by atoms with van der Waals surface area (Å²) >= 11 is 1.83. The number of thioether (sulfide) groups is 1. The summed E-state index contributed by atoms with van der Waals surface area (Å²) in [5, 5.41) is 3.85. The molecule has 2 nitrogen and oxygen atoms in total.